The lowest BCUT2D eigenvalue weighted by atomic mass is 10.2. The van der Waals surface area contributed by atoms with Gasteiger partial charge < -0.3 is 5.32 Å². The van der Waals surface area contributed by atoms with Crippen molar-refractivity contribution in [3.63, 3.8) is 0 Å². The van der Waals surface area contributed by atoms with E-state index >= 15 is 0 Å². The first-order valence-electron chi connectivity index (χ1n) is 6.33. The molecular formula is C14H17FN2S2. The van der Waals surface area contributed by atoms with Crippen LogP contribution in [0.25, 0.3) is 10.6 Å². The Balaban J connectivity index is 2.32. The number of thioether (sulfide) groups is 1. The van der Waals surface area contributed by atoms with E-state index in [1.165, 1.54) is 17.4 Å². The van der Waals surface area contributed by atoms with E-state index in [9.17, 15) is 4.39 Å². The fraction of sp³-hybridized carbons (Fsp3) is 0.357. The predicted molar refractivity (Wildman–Crippen MR) is 81.3 cm³/mol. The van der Waals surface area contributed by atoms with Gasteiger partial charge in [0.1, 0.15) is 10.8 Å². The summed E-state index contributed by atoms with van der Waals surface area (Å²) in [5, 5.41) is 5.99. The maximum Gasteiger partial charge on any atom is 0.134 e. The summed E-state index contributed by atoms with van der Waals surface area (Å²) in [6, 6.07) is 5.21. The fourth-order valence-corrected chi connectivity index (χ4v) is 3.51. The minimum absolute atomic E-state index is 0.192. The molecule has 0 bridgehead atoms. The minimum Gasteiger partial charge on any atom is -0.311 e. The van der Waals surface area contributed by atoms with Crippen molar-refractivity contribution < 1.29 is 4.39 Å². The summed E-state index contributed by atoms with van der Waals surface area (Å²) in [6.45, 7) is 5.76. The number of hydrogen-bond donors (Lipinski definition) is 1. The number of halogens is 1. The predicted octanol–water partition coefficient (Wildman–Crippen LogP) is 4.17. The Kier molecular flexibility index (Phi) is 5.36. The highest BCUT2D eigenvalue weighted by atomic mass is 32.2. The molecule has 2 nitrogen and oxygen atoms in total. The number of thiazole rings is 1. The molecule has 19 heavy (non-hydrogen) atoms. The Morgan fingerprint density at radius 3 is 2.95 bits per heavy atom. The van der Waals surface area contributed by atoms with E-state index in [-0.39, 0.29) is 5.82 Å². The number of nitrogens with zero attached hydrogens (tertiary/aromatic N) is 1. The third-order valence-electron chi connectivity index (χ3n) is 2.60. The summed E-state index contributed by atoms with van der Waals surface area (Å²) in [7, 11) is 0. The van der Waals surface area contributed by atoms with Crippen molar-refractivity contribution in [3.8, 4) is 10.6 Å². The molecule has 0 amide bonds. The van der Waals surface area contributed by atoms with E-state index in [0.717, 1.165) is 34.4 Å². The molecule has 0 unspecified atom stereocenters. The Labute approximate surface area is 121 Å². The Bertz CT molecular complexity index is 540. The van der Waals surface area contributed by atoms with Gasteiger partial charge in [0.2, 0.25) is 0 Å². The van der Waals surface area contributed by atoms with Gasteiger partial charge in [-0.2, -0.15) is 0 Å². The molecule has 0 radical (unpaired) electrons. The normalized spacial score (nSPS) is 10.9. The van der Waals surface area contributed by atoms with Crippen LogP contribution in [-0.4, -0.2) is 17.3 Å². The first kappa shape index (κ1) is 14.5. The van der Waals surface area contributed by atoms with Crippen LogP contribution >= 0.6 is 23.1 Å². The zero-order valence-electron chi connectivity index (χ0n) is 11.1. The lowest BCUT2D eigenvalue weighted by Gasteiger charge is -2.06. The van der Waals surface area contributed by atoms with Gasteiger partial charge in [-0.05, 0) is 24.4 Å². The van der Waals surface area contributed by atoms with Crippen LogP contribution in [0, 0.1) is 5.82 Å². The molecule has 1 N–H and O–H groups in total. The molecule has 5 heteroatoms. The molecule has 2 aromatic rings. The molecule has 1 aromatic carbocycles. The summed E-state index contributed by atoms with van der Waals surface area (Å²) in [4.78, 5) is 5.49. The van der Waals surface area contributed by atoms with Gasteiger partial charge in [0, 0.05) is 16.8 Å². The van der Waals surface area contributed by atoms with Gasteiger partial charge in [0.15, 0.2) is 0 Å². The van der Waals surface area contributed by atoms with E-state index in [4.69, 9.17) is 0 Å². The highest BCUT2D eigenvalue weighted by Crippen LogP contribution is 2.35. The van der Waals surface area contributed by atoms with E-state index in [2.05, 4.69) is 24.1 Å². The van der Waals surface area contributed by atoms with Crippen molar-refractivity contribution in [2.24, 2.45) is 0 Å². The third kappa shape index (κ3) is 3.55. The number of benzene rings is 1. The minimum atomic E-state index is -0.192. The lowest BCUT2D eigenvalue weighted by Crippen LogP contribution is -2.11. The smallest absolute Gasteiger partial charge is 0.134 e. The van der Waals surface area contributed by atoms with Crippen LogP contribution < -0.4 is 5.32 Å². The molecule has 0 aliphatic heterocycles. The highest BCUT2D eigenvalue weighted by Gasteiger charge is 2.14. The quantitative estimate of drug-likeness (QED) is 0.810. The average molecular weight is 296 g/mol. The third-order valence-corrected chi connectivity index (χ3v) is 4.45. The standard InChI is InChI=1S/C14H17FN2S2/c1-3-16-8-10-9-19-14(17-10)13-11(15)6-5-7-12(13)18-4-2/h5-7,9,16H,3-4,8H2,1-2H3. The Hall–Kier alpha value is -0.910. The van der Waals surface area contributed by atoms with Gasteiger partial charge in [0.05, 0.1) is 11.3 Å². The van der Waals surface area contributed by atoms with Crippen LogP contribution in [0.1, 0.15) is 19.5 Å². The molecule has 0 aliphatic rings. The molecule has 0 aliphatic carbocycles. The summed E-state index contributed by atoms with van der Waals surface area (Å²) >= 11 is 3.15. The molecule has 102 valence electrons. The van der Waals surface area contributed by atoms with Crippen molar-refractivity contribution in [1.82, 2.24) is 10.3 Å². The summed E-state index contributed by atoms with van der Waals surface area (Å²) < 4.78 is 14.1. The van der Waals surface area contributed by atoms with Crippen LogP contribution in [0.5, 0.6) is 0 Å². The monoisotopic (exact) mass is 296 g/mol. The maximum atomic E-state index is 14.1. The topological polar surface area (TPSA) is 24.9 Å². The highest BCUT2D eigenvalue weighted by molar-refractivity contribution is 7.99. The largest absolute Gasteiger partial charge is 0.311 e. The second-order valence-corrected chi connectivity index (χ2v) is 6.13. The second-order valence-electron chi connectivity index (χ2n) is 3.97. The number of rotatable bonds is 6. The molecule has 0 fully saturated rings. The SMILES string of the molecule is CCNCc1csc(-c2c(F)cccc2SCC)n1. The van der Waals surface area contributed by atoms with Crippen molar-refractivity contribution >= 4 is 23.1 Å². The van der Waals surface area contributed by atoms with Crippen molar-refractivity contribution in [2.75, 3.05) is 12.3 Å². The zero-order chi connectivity index (χ0) is 13.7. The Morgan fingerprint density at radius 1 is 1.37 bits per heavy atom. The lowest BCUT2D eigenvalue weighted by molar-refractivity contribution is 0.628. The van der Waals surface area contributed by atoms with Crippen molar-refractivity contribution in [3.05, 3.63) is 35.1 Å². The van der Waals surface area contributed by atoms with Crippen LogP contribution in [0.3, 0.4) is 0 Å². The Morgan fingerprint density at radius 2 is 2.21 bits per heavy atom. The molecule has 1 aromatic heterocycles. The van der Waals surface area contributed by atoms with Crippen LogP contribution in [0.4, 0.5) is 4.39 Å². The van der Waals surface area contributed by atoms with Gasteiger partial charge in [-0.3, -0.25) is 0 Å². The van der Waals surface area contributed by atoms with E-state index in [1.807, 2.05) is 11.4 Å². The van der Waals surface area contributed by atoms with E-state index in [1.54, 1.807) is 17.8 Å². The molecule has 0 saturated heterocycles. The van der Waals surface area contributed by atoms with Crippen molar-refractivity contribution in [2.45, 2.75) is 25.3 Å². The molecule has 2 rings (SSSR count). The molecule has 0 spiro atoms. The average Bonchev–Trinajstić information content (AvgIpc) is 2.85. The fourth-order valence-electron chi connectivity index (χ4n) is 1.74. The number of hydrogen-bond acceptors (Lipinski definition) is 4. The molecule has 0 atom stereocenters. The first-order chi connectivity index (χ1) is 9.26. The summed E-state index contributed by atoms with van der Waals surface area (Å²) in [6.07, 6.45) is 0. The number of nitrogens with one attached hydrogen (secondary N) is 1. The van der Waals surface area contributed by atoms with Gasteiger partial charge in [0.25, 0.3) is 0 Å². The van der Waals surface area contributed by atoms with E-state index in [0.29, 0.717) is 5.56 Å². The molecule has 0 saturated carbocycles. The van der Waals surface area contributed by atoms with E-state index < -0.39 is 0 Å². The molecular weight excluding hydrogens is 279 g/mol. The first-order valence-corrected chi connectivity index (χ1v) is 8.19. The van der Waals surface area contributed by atoms with Crippen LogP contribution in [0.15, 0.2) is 28.5 Å². The van der Waals surface area contributed by atoms with Crippen LogP contribution in [-0.2, 0) is 6.54 Å². The summed E-state index contributed by atoms with van der Waals surface area (Å²) in [5.41, 5.74) is 1.61. The van der Waals surface area contributed by atoms with Gasteiger partial charge in [-0.15, -0.1) is 23.1 Å². The van der Waals surface area contributed by atoms with Crippen molar-refractivity contribution in [1.29, 1.82) is 0 Å². The van der Waals surface area contributed by atoms with Gasteiger partial charge in [-0.25, -0.2) is 9.37 Å². The summed E-state index contributed by atoms with van der Waals surface area (Å²) in [5.74, 6) is 0.731. The second kappa shape index (κ2) is 7.03. The number of aromatic nitrogens is 1. The molecule has 1 heterocycles. The zero-order valence-corrected chi connectivity index (χ0v) is 12.7. The van der Waals surface area contributed by atoms with Crippen LogP contribution in [0.2, 0.25) is 0 Å². The van der Waals surface area contributed by atoms with Gasteiger partial charge in [-0.1, -0.05) is 19.9 Å². The van der Waals surface area contributed by atoms with Gasteiger partial charge >= 0.3 is 0 Å². The maximum absolute atomic E-state index is 14.1.